The lowest BCUT2D eigenvalue weighted by Crippen LogP contribution is -2.49. The number of likely N-dealkylation sites (N-methyl/N-ethyl adjacent to an activating group) is 1. The topological polar surface area (TPSA) is 49.9 Å². The fourth-order valence-electron chi connectivity index (χ4n) is 1.89. The molecule has 0 aromatic heterocycles. The molecule has 1 saturated heterocycles. The smallest absolute Gasteiger partial charge is 0.397 e. The van der Waals surface area contributed by atoms with Gasteiger partial charge >= 0.3 is 11.9 Å². The van der Waals surface area contributed by atoms with Gasteiger partial charge in [-0.3, -0.25) is 4.79 Å². The number of esters is 1. The van der Waals surface area contributed by atoms with E-state index in [2.05, 4.69) is 11.8 Å². The van der Waals surface area contributed by atoms with E-state index in [0.29, 0.717) is 19.7 Å². The number of ether oxygens (including phenoxy) is 1. The van der Waals surface area contributed by atoms with Crippen LogP contribution in [0.25, 0.3) is 0 Å². The van der Waals surface area contributed by atoms with Crippen LogP contribution in [0.5, 0.6) is 0 Å². The number of piperazine rings is 1. The molecule has 0 unspecified atom stereocenters. The molecule has 1 fully saturated rings. The van der Waals surface area contributed by atoms with Gasteiger partial charge in [0.05, 0.1) is 6.61 Å². The highest BCUT2D eigenvalue weighted by Crippen LogP contribution is 2.02. The predicted molar refractivity (Wildman–Crippen MR) is 69.2 cm³/mol. The van der Waals surface area contributed by atoms with Crippen molar-refractivity contribution in [3.8, 4) is 0 Å². The lowest BCUT2D eigenvalue weighted by atomic mass is 10.2. The molecule has 0 aromatic rings. The predicted octanol–water partition coefficient (Wildman–Crippen LogP) is 0.884. The summed E-state index contributed by atoms with van der Waals surface area (Å²) in [6, 6.07) is 0. The Morgan fingerprint density at radius 2 is 1.72 bits per heavy atom. The van der Waals surface area contributed by atoms with Gasteiger partial charge in [-0.2, -0.15) is 0 Å². The van der Waals surface area contributed by atoms with Crippen LogP contribution < -0.4 is 0 Å². The van der Waals surface area contributed by atoms with Crippen molar-refractivity contribution in [3.63, 3.8) is 0 Å². The van der Waals surface area contributed by atoms with E-state index in [0.717, 1.165) is 38.8 Å². The molecule has 0 aromatic carbocycles. The number of carbonyl (C=O) groups excluding carboxylic acids is 2. The molecule has 0 aliphatic carbocycles. The molecule has 5 heteroatoms. The number of hydrogen-bond donors (Lipinski definition) is 0. The van der Waals surface area contributed by atoms with E-state index < -0.39 is 11.9 Å². The van der Waals surface area contributed by atoms with Gasteiger partial charge in [-0.15, -0.1) is 0 Å². The highest BCUT2D eigenvalue weighted by Gasteiger charge is 2.25. The Bertz CT molecular complexity index is 273. The summed E-state index contributed by atoms with van der Waals surface area (Å²) in [5.74, 6) is -1.19. The molecule has 0 spiro atoms. The van der Waals surface area contributed by atoms with Gasteiger partial charge in [0.25, 0.3) is 0 Å². The molecule has 0 saturated carbocycles. The van der Waals surface area contributed by atoms with Crippen LogP contribution in [0.15, 0.2) is 0 Å². The molecule has 0 N–H and O–H groups in total. The summed E-state index contributed by atoms with van der Waals surface area (Å²) in [7, 11) is 2.01. The Morgan fingerprint density at radius 3 is 2.33 bits per heavy atom. The molecule has 18 heavy (non-hydrogen) atoms. The molecule has 0 atom stereocenters. The second-order valence-electron chi connectivity index (χ2n) is 4.79. The van der Waals surface area contributed by atoms with Crippen LogP contribution >= 0.6 is 0 Å². The normalized spacial score (nSPS) is 16.7. The number of rotatable bonds is 5. The third-order valence-electron chi connectivity index (χ3n) is 3.20. The monoisotopic (exact) mass is 256 g/mol. The summed E-state index contributed by atoms with van der Waals surface area (Å²) in [5, 5.41) is 0. The number of nitrogens with zero attached hydrogens (tertiary/aromatic N) is 2. The maximum Gasteiger partial charge on any atom is 0.397 e. The zero-order chi connectivity index (χ0) is 13.4. The fourth-order valence-corrected chi connectivity index (χ4v) is 1.89. The van der Waals surface area contributed by atoms with Gasteiger partial charge in [0.2, 0.25) is 0 Å². The van der Waals surface area contributed by atoms with Crippen LogP contribution in [-0.4, -0.2) is 61.5 Å². The van der Waals surface area contributed by atoms with E-state index in [4.69, 9.17) is 4.74 Å². The van der Waals surface area contributed by atoms with Gasteiger partial charge in [-0.1, -0.05) is 26.2 Å². The van der Waals surface area contributed by atoms with Gasteiger partial charge in [0, 0.05) is 26.2 Å². The number of carbonyl (C=O) groups is 2. The van der Waals surface area contributed by atoms with Gasteiger partial charge in [-0.05, 0) is 13.5 Å². The standard InChI is InChI=1S/C13H24N2O3/c1-3-4-5-6-11-18-13(17)12(16)15-9-7-14(2)8-10-15/h3-11H2,1-2H3. The van der Waals surface area contributed by atoms with Crippen LogP contribution in [0, 0.1) is 0 Å². The molecule has 104 valence electrons. The first-order valence-corrected chi connectivity index (χ1v) is 6.79. The maximum atomic E-state index is 11.8. The molecule has 5 nitrogen and oxygen atoms in total. The van der Waals surface area contributed by atoms with Gasteiger partial charge in [0.1, 0.15) is 0 Å². The molecule has 0 bridgehead atoms. The Morgan fingerprint density at radius 1 is 1.06 bits per heavy atom. The summed E-state index contributed by atoms with van der Waals surface area (Å²) in [5.41, 5.74) is 0. The van der Waals surface area contributed by atoms with Gasteiger partial charge < -0.3 is 14.5 Å². The van der Waals surface area contributed by atoms with Crippen LogP contribution in [-0.2, 0) is 14.3 Å². The molecule has 0 radical (unpaired) electrons. The highest BCUT2D eigenvalue weighted by molar-refractivity contribution is 6.32. The zero-order valence-electron chi connectivity index (χ0n) is 11.5. The highest BCUT2D eigenvalue weighted by atomic mass is 16.5. The molecule has 1 amide bonds. The van der Waals surface area contributed by atoms with Crippen molar-refractivity contribution in [2.24, 2.45) is 0 Å². The lowest BCUT2D eigenvalue weighted by molar-refractivity contribution is -0.161. The van der Waals surface area contributed by atoms with E-state index in [-0.39, 0.29) is 0 Å². The summed E-state index contributed by atoms with van der Waals surface area (Å²) >= 11 is 0. The van der Waals surface area contributed by atoms with E-state index in [1.807, 2.05) is 7.05 Å². The van der Waals surface area contributed by atoms with Crippen LogP contribution in [0.4, 0.5) is 0 Å². The summed E-state index contributed by atoms with van der Waals surface area (Å²) < 4.78 is 4.99. The Hall–Kier alpha value is -1.10. The van der Waals surface area contributed by atoms with Crippen molar-refractivity contribution in [2.75, 3.05) is 39.8 Å². The average molecular weight is 256 g/mol. The Labute approximate surface area is 109 Å². The third-order valence-corrected chi connectivity index (χ3v) is 3.20. The maximum absolute atomic E-state index is 11.8. The van der Waals surface area contributed by atoms with Crippen molar-refractivity contribution in [3.05, 3.63) is 0 Å². The van der Waals surface area contributed by atoms with Crippen molar-refractivity contribution < 1.29 is 14.3 Å². The quantitative estimate of drug-likeness (QED) is 0.416. The Balaban J connectivity index is 2.18. The second kappa shape index (κ2) is 8.08. The Kier molecular flexibility index (Phi) is 6.72. The van der Waals surface area contributed by atoms with Crippen molar-refractivity contribution >= 4 is 11.9 Å². The lowest BCUT2D eigenvalue weighted by Gasteiger charge is -2.31. The first-order chi connectivity index (χ1) is 8.65. The zero-order valence-corrected chi connectivity index (χ0v) is 11.5. The summed E-state index contributed by atoms with van der Waals surface area (Å²) in [6.07, 6.45) is 4.18. The van der Waals surface area contributed by atoms with Crippen molar-refractivity contribution in [1.82, 2.24) is 9.80 Å². The second-order valence-corrected chi connectivity index (χ2v) is 4.79. The molecule has 1 rings (SSSR count). The fraction of sp³-hybridized carbons (Fsp3) is 0.846. The van der Waals surface area contributed by atoms with E-state index in [1.54, 1.807) is 4.90 Å². The third kappa shape index (κ3) is 5.04. The molecular weight excluding hydrogens is 232 g/mol. The first kappa shape index (κ1) is 15.0. The van der Waals surface area contributed by atoms with Crippen LogP contribution in [0.1, 0.15) is 32.6 Å². The van der Waals surface area contributed by atoms with Crippen LogP contribution in [0.3, 0.4) is 0 Å². The SMILES string of the molecule is CCCCCCOC(=O)C(=O)N1CCN(C)CC1. The van der Waals surface area contributed by atoms with E-state index in [9.17, 15) is 9.59 Å². The van der Waals surface area contributed by atoms with E-state index >= 15 is 0 Å². The first-order valence-electron chi connectivity index (χ1n) is 6.79. The summed E-state index contributed by atoms with van der Waals surface area (Å²) in [6.45, 7) is 5.34. The van der Waals surface area contributed by atoms with Crippen LogP contribution in [0.2, 0.25) is 0 Å². The van der Waals surface area contributed by atoms with E-state index in [1.165, 1.54) is 0 Å². The minimum absolute atomic E-state index is 0.359. The minimum Gasteiger partial charge on any atom is -0.459 e. The number of unbranched alkanes of at least 4 members (excludes halogenated alkanes) is 3. The van der Waals surface area contributed by atoms with Gasteiger partial charge in [0.15, 0.2) is 0 Å². The molecular formula is C13H24N2O3. The molecule has 1 aliphatic heterocycles. The number of amides is 1. The summed E-state index contributed by atoms with van der Waals surface area (Å²) in [4.78, 5) is 27.0. The van der Waals surface area contributed by atoms with Gasteiger partial charge in [-0.25, -0.2) is 4.79 Å². The molecule has 1 heterocycles. The average Bonchev–Trinajstić information content (AvgIpc) is 2.38. The van der Waals surface area contributed by atoms with Crippen molar-refractivity contribution in [2.45, 2.75) is 32.6 Å². The number of hydrogen-bond acceptors (Lipinski definition) is 4. The largest absolute Gasteiger partial charge is 0.459 e. The minimum atomic E-state index is -0.698. The van der Waals surface area contributed by atoms with Crippen molar-refractivity contribution in [1.29, 1.82) is 0 Å². The molecule has 1 aliphatic rings.